The summed E-state index contributed by atoms with van der Waals surface area (Å²) in [7, 11) is 1.89. The quantitative estimate of drug-likeness (QED) is 0.350. The summed E-state index contributed by atoms with van der Waals surface area (Å²) in [6, 6.07) is 0. The lowest BCUT2D eigenvalue weighted by Crippen LogP contribution is -2.09. The molecule has 4 nitrogen and oxygen atoms in total. The highest BCUT2D eigenvalue weighted by molar-refractivity contribution is 8.02. The van der Waals surface area contributed by atoms with Crippen molar-refractivity contribution in [2.45, 2.75) is 13.8 Å². The van der Waals surface area contributed by atoms with Crippen LogP contribution in [-0.4, -0.2) is 38.8 Å². The Kier molecular flexibility index (Phi) is 37.3. The highest BCUT2D eigenvalue weighted by Crippen LogP contribution is 1.97. The van der Waals surface area contributed by atoms with Gasteiger partial charge in [-0.15, -0.1) is 18.3 Å². The van der Waals surface area contributed by atoms with Crippen molar-refractivity contribution in [2.75, 3.05) is 32.4 Å². The molecule has 0 unspecified atom stereocenters. The average molecular weight is 261 g/mol. The van der Waals surface area contributed by atoms with Crippen LogP contribution in [-0.2, 0) is 4.79 Å². The van der Waals surface area contributed by atoms with Crippen LogP contribution in [0.2, 0.25) is 0 Å². The average Bonchev–Trinajstić information content (AvgIpc) is 2.38. The monoisotopic (exact) mass is 261 g/mol. The molecule has 4 N–H and O–H groups in total. The van der Waals surface area contributed by atoms with Crippen LogP contribution >= 0.6 is 11.8 Å². The van der Waals surface area contributed by atoms with Gasteiger partial charge in [-0.2, -0.15) is 0 Å². The fourth-order valence-electron chi connectivity index (χ4n) is 0.513. The van der Waals surface area contributed by atoms with Crippen LogP contribution < -0.4 is 16.4 Å². The first-order valence-electron chi connectivity index (χ1n) is 5.72. The molecule has 5 heteroatoms. The number of hydrogen-bond acceptors (Lipinski definition) is 4. The lowest BCUT2D eigenvalue weighted by molar-refractivity contribution is -0.109. The Morgan fingerprint density at radius 1 is 1.35 bits per heavy atom. The van der Waals surface area contributed by atoms with Gasteiger partial charge in [0.1, 0.15) is 0 Å². The predicted molar refractivity (Wildman–Crippen MR) is 80.2 cm³/mol. The number of nitrogens with one attached hydrogen (secondary N) is 2. The second-order valence-corrected chi connectivity index (χ2v) is 3.42. The van der Waals surface area contributed by atoms with Gasteiger partial charge in [0.05, 0.1) is 0 Å². The van der Waals surface area contributed by atoms with Crippen LogP contribution in [0.4, 0.5) is 0 Å². The normalized spacial score (nSPS) is 8.47. The van der Waals surface area contributed by atoms with Gasteiger partial charge < -0.3 is 16.4 Å². The third-order valence-corrected chi connectivity index (χ3v) is 1.95. The highest BCUT2D eigenvalue weighted by atomic mass is 32.2. The number of likely N-dealkylation sites (N-methyl/N-ethyl adjacent to an activating group) is 1. The highest BCUT2D eigenvalue weighted by Gasteiger charge is 1.77. The molecule has 0 atom stereocenters. The Balaban J connectivity index is -0.000000236. The number of carbonyl (C=O) groups is 1. The summed E-state index contributed by atoms with van der Waals surface area (Å²) in [5.74, 6) is 0.928. The summed E-state index contributed by atoms with van der Waals surface area (Å²) in [5.41, 5.74) is 5.24. The van der Waals surface area contributed by atoms with Gasteiger partial charge in [0.15, 0.2) is 0 Å². The maximum atomic E-state index is 9.72. The molecule has 0 aliphatic carbocycles. The Morgan fingerprint density at radius 2 is 2.00 bits per heavy atom. The molecule has 0 aromatic rings. The third kappa shape index (κ3) is 39.4. The van der Waals surface area contributed by atoms with E-state index in [0.29, 0.717) is 19.5 Å². The first-order chi connectivity index (χ1) is 8.33. The summed E-state index contributed by atoms with van der Waals surface area (Å²) in [5, 5.41) is 7.35. The summed E-state index contributed by atoms with van der Waals surface area (Å²) >= 11 is 1.64. The minimum atomic E-state index is 0.598. The molecule has 0 bridgehead atoms. The number of thioether (sulfide) groups is 1. The molecule has 0 aliphatic rings. The molecule has 1 amide bonds. The summed E-state index contributed by atoms with van der Waals surface area (Å²) in [6.45, 7) is 9.68. The minimum Gasteiger partial charge on any atom is -0.355 e. The molecular weight excluding hydrogens is 234 g/mol. The van der Waals surface area contributed by atoms with Gasteiger partial charge in [0.25, 0.3) is 0 Å². The first kappa shape index (κ1) is 21.5. The van der Waals surface area contributed by atoms with E-state index in [1.165, 1.54) is 0 Å². The van der Waals surface area contributed by atoms with Crippen LogP contribution in [0.25, 0.3) is 0 Å². The molecule has 102 valence electrons. The van der Waals surface area contributed by atoms with Crippen LogP contribution in [0, 0.1) is 0 Å². The molecule has 0 fully saturated rings. The third-order valence-electron chi connectivity index (χ3n) is 1.10. The van der Waals surface area contributed by atoms with Crippen molar-refractivity contribution in [1.29, 1.82) is 0 Å². The number of carbonyl (C=O) groups excluding carboxylic acids is 1. The van der Waals surface area contributed by atoms with Crippen molar-refractivity contribution >= 4 is 18.2 Å². The molecule has 0 radical (unpaired) electrons. The number of rotatable bonds is 8. The smallest absolute Gasteiger partial charge is 0.207 e. The number of hydrogen-bond donors (Lipinski definition) is 3. The Morgan fingerprint density at radius 3 is 2.35 bits per heavy atom. The van der Waals surface area contributed by atoms with Crippen molar-refractivity contribution in [3.63, 3.8) is 0 Å². The van der Waals surface area contributed by atoms with Crippen LogP contribution in [0.3, 0.4) is 0 Å². The Labute approximate surface area is 110 Å². The van der Waals surface area contributed by atoms with Gasteiger partial charge in [-0.05, 0) is 12.5 Å². The van der Waals surface area contributed by atoms with E-state index in [0.717, 1.165) is 12.3 Å². The van der Waals surface area contributed by atoms with Crippen molar-refractivity contribution in [1.82, 2.24) is 10.6 Å². The standard InChI is InChI=1S/C6H12N2OS.C4H9N.C2H6/c7-2-5-10-4-1-3-8-6-9;1-3-4-5-2;1-2/h1,4,6H,2-3,5,7H2,(H,8,9);3,5H,1,4H2,2H3;1-2H3/b4-1+;;. The van der Waals surface area contributed by atoms with Gasteiger partial charge in [0, 0.05) is 25.4 Å². The van der Waals surface area contributed by atoms with Gasteiger partial charge in [0.2, 0.25) is 6.41 Å². The van der Waals surface area contributed by atoms with E-state index in [1.807, 2.05) is 38.5 Å². The number of nitrogens with two attached hydrogens (primary N) is 1. The zero-order chi connectivity index (χ0) is 13.8. The zero-order valence-electron chi connectivity index (χ0n) is 11.2. The maximum Gasteiger partial charge on any atom is 0.207 e. The van der Waals surface area contributed by atoms with E-state index < -0.39 is 0 Å². The SMILES string of the molecule is C=CCNC.CC.NCCS/C=C/CNC=O. The second kappa shape index (κ2) is 29.5. The fourth-order valence-corrected chi connectivity index (χ4v) is 1.02. The van der Waals surface area contributed by atoms with E-state index in [-0.39, 0.29) is 0 Å². The molecule has 17 heavy (non-hydrogen) atoms. The fraction of sp³-hybridized carbons (Fsp3) is 0.583. The molecule has 0 saturated carbocycles. The van der Waals surface area contributed by atoms with Gasteiger partial charge in [-0.3, -0.25) is 4.79 Å². The predicted octanol–water partition coefficient (Wildman–Crippen LogP) is 1.36. The summed E-state index contributed by atoms with van der Waals surface area (Å²) < 4.78 is 0. The van der Waals surface area contributed by atoms with E-state index in [1.54, 1.807) is 11.8 Å². The topological polar surface area (TPSA) is 67.2 Å². The van der Waals surface area contributed by atoms with Crippen LogP contribution in [0.1, 0.15) is 13.8 Å². The van der Waals surface area contributed by atoms with Gasteiger partial charge >= 0.3 is 0 Å². The number of amides is 1. The minimum absolute atomic E-state index is 0.598. The largest absolute Gasteiger partial charge is 0.355 e. The lowest BCUT2D eigenvalue weighted by Gasteiger charge is -1.89. The molecule has 0 aliphatic heterocycles. The molecule has 0 aromatic carbocycles. The summed E-state index contributed by atoms with van der Waals surface area (Å²) in [4.78, 5) is 9.72. The van der Waals surface area contributed by atoms with E-state index in [2.05, 4.69) is 17.2 Å². The van der Waals surface area contributed by atoms with Gasteiger partial charge in [-0.1, -0.05) is 26.0 Å². The van der Waals surface area contributed by atoms with Crippen LogP contribution in [0.5, 0.6) is 0 Å². The Bertz CT molecular complexity index is 164. The van der Waals surface area contributed by atoms with Crippen molar-refractivity contribution < 1.29 is 4.79 Å². The molecule has 0 spiro atoms. The van der Waals surface area contributed by atoms with Crippen molar-refractivity contribution in [3.05, 3.63) is 24.1 Å². The molecule has 0 heterocycles. The zero-order valence-corrected chi connectivity index (χ0v) is 12.1. The molecule has 0 saturated heterocycles. The van der Waals surface area contributed by atoms with Crippen LogP contribution in [0.15, 0.2) is 24.1 Å². The molecule has 0 rings (SSSR count). The molecular formula is C12H27N3OS. The lowest BCUT2D eigenvalue weighted by atomic mass is 10.6. The maximum absolute atomic E-state index is 9.72. The van der Waals surface area contributed by atoms with Crippen molar-refractivity contribution in [3.8, 4) is 0 Å². The van der Waals surface area contributed by atoms with Gasteiger partial charge in [-0.25, -0.2) is 0 Å². The summed E-state index contributed by atoms with van der Waals surface area (Å²) in [6.07, 6.45) is 4.38. The van der Waals surface area contributed by atoms with E-state index >= 15 is 0 Å². The second-order valence-electron chi connectivity index (χ2n) is 2.40. The van der Waals surface area contributed by atoms with Crippen molar-refractivity contribution in [2.24, 2.45) is 5.73 Å². The Hall–Kier alpha value is -0.780. The first-order valence-corrected chi connectivity index (χ1v) is 6.77. The molecule has 0 aromatic heterocycles. The van der Waals surface area contributed by atoms with E-state index in [9.17, 15) is 4.79 Å². The van der Waals surface area contributed by atoms with E-state index in [4.69, 9.17) is 5.73 Å².